The maximum Gasteiger partial charge on any atom is 0.268 e. The summed E-state index contributed by atoms with van der Waals surface area (Å²) in [6.45, 7) is 6.51. The molecule has 0 atom stereocenters. The fourth-order valence-electron chi connectivity index (χ4n) is 2.28. The van der Waals surface area contributed by atoms with E-state index in [1.165, 1.54) is 0 Å². The normalized spacial score (nSPS) is 14.5. The summed E-state index contributed by atoms with van der Waals surface area (Å²) in [6, 6.07) is 3.73. The van der Waals surface area contributed by atoms with E-state index < -0.39 is 0 Å². The first-order chi connectivity index (χ1) is 8.13. The number of pyridine rings is 1. The molecule has 1 aromatic rings. The molecule has 0 saturated heterocycles. The molecule has 0 spiro atoms. The van der Waals surface area contributed by atoms with Gasteiger partial charge in [0.1, 0.15) is 11.6 Å². The van der Waals surface area contributed by atoms with Crippen LogP contribution in [0.2, 0.25) is 0 Å². The molecule has 0 fully saturated rings. The van der Waals surface area contributed by atoms with Crippen molar-refractivity contribution in [1.29, 1.82) is 5.26 Å². The van der Waals surface area contributed by atoms with E-state index in [2.05, 4.69) is 19.2 Å². The predicted molar refractivity (Wildman–Crippen MR) is 65.7 cm³/mol. The highest BCUT2D eigenvalue weighted by atomic mass is 16.1. The number of hydrogen-bond acceptors (Lipinski definition) is 3. The van der Waals surface area contributed by atoms with Crippen molar-refractivity contribution in [2.24, 2.45) is 5.92 Å². The van der Waals surface area contributed by atoms with Crippen molar-refractivity contribution < 1.29 is 0 Å². The lowest BCUT2D eigenvalue weighted by molar-refractivity contribution is 0.477. The molecule has 4 heteroatoms. The van der Waals surface area contributed by atoms with Gasteiger partial charge < -0.3 is 9.88 Å². The van der Waals surface area contributed by atoms with Gasteiger partial charge in [0.15, 0.2) is 0 Å². The van der Waals surface area contributed by atoms with Crippen LogP contribution in [0, 0.1) is 17.2 Å². The Morgan fingerprint density at radius 2 is 2.35 bits per heavy atom. The molecule has 2 heterocycles. The third kappa shape index (κ3) is 2.25. The van der Waals surface area contributed by atoms with Gasteiger partial charge in [-0.25, -0.2) is 0 Å². The monoisotopic (exact) mass is 231 g/mol. The summed E-state index contributed by atoms with van der Waals surface area (Å²) >= 11 is 0. The molecule has 0 saturated carbocycles. The second-order valence-corrected chi connectivity index (χ2v) is 4.88. The number of nitrogens with zero attached hydrogens (tertiary/aromatic N) is 2. The number of hydrogen-bond donors (Lipinski definition) is 1. The van der Waals surface area contributed by atoms with Gasteiger partial charge in [0.05, 0.1) is 0 Å². The van der Waals surface area contributed by atoms with Crippen LogP contribution >= 0.6 is 0 Å². The van der Waals surface area contributed by atoms with E-state index in [1.807, 2.05) is 6.07 Å². The molecule has 17 heavy (non-hydrogen) atoms. The maximum absolute atomic E-state index is 12.1. The van der Waals surface area contributed by atoms with Crippen LogP contribution in [0.4, 0.5) is 0 Å². The molecule has 1 N–H and O–H groups in total. The molecule has 0 radical (unpaired) electrons. The fraction of sp³-hybridized carbons (Fsp3) is 0.538. The summed E-state index contributed by atoms with van der Waals surface area (Å²) in [5.41, 5.74) is 2.31. The highest BCUT2D eigenvalue weighted by Crippen LogP contribution is 2.14. The smallest absolute Gasteiger partial charge is 0.268 e. The van der Waals surface area contributed by atoms with E-state index in [-0.39, 0.29) is 11.1 Å². The molecular weight excluding hydrogens is 214 g/mol. The van der Waals surface area contributed by atoms with Gasteiger partial charge in [0.2, 0.25) is 0 Å². The number of nitrogens with one attached hydrogen (secondary N) is 1. The fourth-order valence-corrected chi connectivity index (χ4v) is 2.28. The van der Waals surface area contributed by atoms with Crippen LogP contribution < -0.4 is 10.9 Å². The Balaban J connectivity index is 2.61. The van der Waals surface area contributed by atoms with Gasteiger partial charge >= 0.3 is 0 Å². The summed E-state index contributed by atoms with van der Waals surface area (Å²) in [7, 11) is 0. The van der Waals surface area contributed by atoms with Gasteiger partial charge in [-0.1, -0.05) is 13.8 Å². The predicted octanol–water partition coefficient (Wildman–Crippen LogP) is 1.02. The Labute approximate surface area is 101 Å². The van der Waals surface area contributed by atoms with E-state index in [0.29, 0.717) is 12.5 Å². The molecule has 1 aliphatic heterocycles. The van der Waals surface area contributed by atoms with E-state index >= 15 is 0 Å². The third-order valence-corrected chi connectivity index (χ3v) is 3.01. The minimum absolute atomic E-state index is 0.137. The second-order valence-electron chi connectivity index (χ2n) is 4.88. The number of nitriles is 1. The SMILES string of the molecule is CC(C)Cn1c2c(cc(C#N)c1=O)CNCC2. The summed E-state index contributed by atoms with van der Waals surface area (Å²) in [5, 5.41) is 12.3. The average Bonchev–Trinajstić information content (AvgIpc) is 2.32. The first-order valence-electron chi connectivity index (χ1n) is 6.00. The van der Waals surface area contributed by atoms with Gasteiger partial charge in [-0.3, -0.25) is 4.79 Å². The highest BCUT2D eigenvalue weighted by molar-refractivity contribution is 5.35. The summed E-state index contributed by atoms with van der Waals surface area (Å²) < 4.78 is 1.79. The van der Waals surface area contributed by atoms with Crippen molar-refractivity contribution in [3.63, 3.8) is 0 Å². The third-order valence-electron chi connectivity index (χ3n) is 3.01. The molecule has 1 aromatic heterocycles. The molecule has 0 amide bonds. The van der Waals surface area contributed by atoms with Crippen molar-refractivity contribution in [3.8, 4) is 6.07 Å². The zero-order valence-corrected chi connectivity index (χ0v) is 10.3. The zero-order valence-electron chi connectivity index (χ0n) is 10.3. The summed E-state index contributed by atoms with van der Waals surface area (Å²) in [4.78, 5) is 12.1. The van der Waals surface area contributed by atoms with Gasteiger partial charge in [0.25, 0.3) is 5.56 Å². The van der Waals surface area contributed by atoms with Crippen molar-refractivity contribution in [1.82, 2.24) is 9.88 Å². The lowest BCUT2D eigenvalue weighted by Crippen LogP contribution is -2.34. The van der Waals surface area contributed by atoms with Crippen LogP contribution in [0.1, 0.15) is 30.7 Å². The van der Waals surface area contributed by atoms with Crippen molar-refractivity contribution in [2.75, 3.05) is 6.54 Å². The summed E-state index contributed by atoms with van der Waals surface area (Å²) in [5.74, 6) is 0.403. The first kappa shape index (κ1) is 11.9. The van der Waals surface area contributed by atoms with Crippen LogP contribution in [0.5, 0.6) is 0 Å². The Kier molecular flexibility index (Phi) is 3.30. The Morgan fingerprint density at radius 1 is 1.59 bits per heavy atom. The number of aromatic nitrogens is 1. The lowest BCUT2D eigenvalue weighted by atomic mass is 10.0. The van der Waals surface area contributed by atoms with Gasteiger partial charge in [-0.05, 0) is 17.5 Å². The van der Waals surface area contributed by atoms with Crippen LogP contribution in [0.25, 0.3) is 0 Å². The molecule has 0 unspecified atom stereocenters. The minimum Gasteiger partial charge on any atom is -0.312 e. The second kappa shape index (κ2) is 4.72. The van der Waals surface area contributed by atoms with Gasteiger partial charge in [-0.15, -0.1) is 0 Å². The molecule has 90 valence electrons. The van der Waals surface area contributed by atoms with Crippen LogP contribution in [-0.4, -0.2) is 11.1 Å². The van der Waals surface area contributed by atoms with E-state index in [0.717, 1.165) is 30.8 Å². The van der Waals surface area contributed by atoms with Crippen molar-refractivity contribution in [3.05, 3.63) is 33.2 Å². The Morgan fingerprint density at radius 3 is 3.00 bits per heavy atom. The van der Waals surface area contributed by atoms with E-state index in [1.54, 1.807) is 10.6 Å². The lowest BCUT2D eigenvalue weighted by Gasteiger charge is -2.23. The number of fused-ring (bicyclic) bond motifs is 1. The maximum atomic E-state index is 12.1. The van der Waals surface area contributed by atoms with E-state index in [4.69, 9.17) is 5.26 Å². The zero-order chi connectivity index (χ0) is 12.4. The van der Waals surface area contributed by atoms with E-state index in [9.17, 15) is 4.79 Å². The topological polar surface area (TPSA) is 57.8 Å². The molecule has 1 aliphatic rings. The first-order valence-corrected chi connectivity index (χ1v) is 6.00. The molecule has 0 aromatic carbocycles. The Hall–Kier alpha value is -1.60. The molecule has 0 aliphatic carbocycles. The average molecular weight is 231 g/mol. The minimum atomic E-state index is -0.137. The molecule has 4 nitrogen and oxygen atoms in total. The number of rotatable bonds is 2. The Bertz CT molecular complexity index is 523. The van der Waals surface area contributed by atoms with Crippen molar-refractivity contribution in [2.45, 2.75) is 33.4 Å². The standard InChI is InChI=1S/C13H17N3O/c1-9(2)8-16-12-3-4-15-7-11(12)5-10(6-14)13(16)17/h5,9,15H,3-4,7-8H2,1-2H3. The highest BCUT2D eigenvalue weighted by Gasteiger charge is 2.17. The van der Waals surface area contributed by atoms with Gasteiger partial charge in [-0.2, -0.15) is 5.26 Å². The quantitative estimate of drug-likeness (QED) is 0.826. The summed E-state index contributed by atoms with van der Waals surface area (Å²) in [6.07, 6.45) is 0.864. The largest absolute Gasteiger partial charge is 0.312 e. The van der Waals surface area contributed by atoms with Crippen molar-refractivity contribution >= 4 is 0 Å². The molecule has 2 rings (SSSR count). The molecular formula is C13H17N3O. The van der Waals surface area contributed by atoms with Crippen LogP contribution in [-0.2, 0) is 19.5 Å². The van der Waals surface area contributed by atoms with Crippen LogP contribution in [0.3, 0.4) is 0 Å². The molecule has 0 bridgehead atoms. The van der Waals surface area contributed by atoms with Crippen LogP contribution in [0.15, 0.2) is 10.9 Å². The van der Waals surface area contributed by atoms with Gasteiger partial charge in [0, 0.05) is 31.7 Å².